The molecule has 0 saturated heterocycles. The Morgan fingerprint density at radius 2 is 1.92 bits per heavy atom. The number of amides is 1. The number of aryl methyl sites for hydroxylation is 2. The Bertz CT molecular complexity index is 915. The third-order valence-corrected chi connectivity index (χ3v) is 4.95. The predicted molar refractivity (Wildman–Crippen MR) is 101 cm³/mol. The molecule has 0 aliphatic heterocycles. The molecule has 1 heterocycles. The molecule has 4 nitrogen and oxygen atoms in total. The number of ether oxygens (including phenoxy) is 1. The molecule has 1 N–H and O–H groups in total. The average molecular weight is 400 g/mol. The second-order valence-electron chi connectivity index (χ2n) is 6.21. The van der Waals surface area contributed by atoms with Crippen molar-refractivity contribution >= 4 is 38.5 Å². The van der Waals surface area contributed by atoms with E-state index < -0.39 is 0 Å². The minimum Gasteiger partial charge on any atom is -0.484 e. The molecule has 128 valence electrons. The van der Waals surface area contributed by atoms with Crippen LogP contribution in [0.25, 0.3) is 11.0 Å². The van der Waals surface area contributed by atoms with Crippen LogP contribution in [0.15, 0.2) is 51.4 Å². The van der Waals surface area contributed by atoms with Crippen LogP contribution in [-0.4, -0.2) is 12.5 Å². The molecule has 25 heavy (non-hydrogen) atoms. The van der Waals surface area contributed by atoms with Gasteiger partial charge in [0, 0.05) is 27.5 Å². The summed E-state index contributed by atoms with van der Waals surface area (Å²) in [5, 5.41) is 3.93. The molecule has 1 aliphatic rings. The summed E-state index contributed by atoms with van der Waals surface area (Å²) in [5.41, 5.74) is 2.95. The highest BCUT2D eigenvalue weighted by molar-refractivity contribution is 9.10. The monoisotopic (exact) mass is 399 g/mol. The summed E-state index contributed by atoms with van der Waals surface area (Å²) in [6.07, 6.45) is 4.44. The Morgan fingerprint density at radius 1 is 1.12 bits per heavy atom. The molecular weight excluding hydrogens is 382 g/mol. The Hall–Kier alpha value is -2.27. The number of anilines is 1. The van der Waals surface area contributed by atoms with Crippen LogP contribution in [0.1, 0.15) is 24.2 Å². The van der Waals surface area contributed by atoms with Crippen molar-refractivity contribution in [1.82, 2.24) is 0 Å². The highest BCUT2D eigenvalue weighted by atomic mass is 79.9. The lowest BCUT2D eigenvalue weighted by atomic mass is 9.96. The van der Waals surface area contributed by atoms with E-state index in [2.05, 4.69) is 21.2 Å². The van der Waals surface area contributed by atoms with Gasteiger partial charge in [-0.05, 0) is 61.7 Å². The van der Waals surface area contributed by atoms with Gasteiger partial charge in [-0.3, -0.25) is 4.79 Å². The average Bonchev–Trinajstić information content (AvgIpc) is 3.00. The van der Waals surface area contributed by atoms with Crippen LogP contribution in [-0.2, 0) is 17.6 Å². The van der Waals surface area contributed by atoms with Crippen molar-refractivity contribution in [3.8, 4) is 5.75 Å². The summed E-state index contributed by atoms with van der Waals surface area (Å²) in [6.45, 7) is -0.0262. The number of benzene rings is 2. The zero-order valence-corrected chi connectivity index (χ0v) is 15.3. The highest BCUT2D eigenvalue weighted by Crippen LogP contribution is 2.33. The van der Waals surface area contributed by atoms with Gasteiger partial charge in [-0.25, -0.2) is 0 Å². The molecule has 2 aromatic carbocycles. The van der Waals surface area contributed by atoms with Gasteiger partial charge in [-0.2, -0.15) is 0 Å². The van der Waals surface area contributed by atoms with Crippen molar-refractivity contribution in [2.24, 2.45) is 0 Å². The Labute approximate surface area is 154 Å². The van der Waals surface area contributed by atoms with E-state index in [9.17, 15) is 4.79 Å². The number of hydrogen-bond acceptors (Lipinski definition) is 3. The maximum atomic E-state index is 12.1. The maximum absolute atomic E-state index is 12.1. The molecule has 1 aliphatic carbocycles. The van der Waals surface area contributed by atoms with E-state index in [1.54, 1.807) is 0 Å². The first kappa shape index (κ1) is 16.2. The Morgan fingerprint density at radius 3 is 2.76 bits per heavy atom. The topological polar surface area (TPSA) is 51.5 Å². The Kier molecular flexibility index (Phi) is 4.49. The number of carbonyl (C=O) groups is 1. The van der Waals surface area contributed by atoms with E-state index in [-0.39, 0.29) is 12.5 Å². The first-order chi connectivity index (χ1) is 12.2. The van der Waals surface area contributed by atoms with Crippen LogP contribution >= 0.6 is 15.9 Å². The fourth-order valence-electron chi connectivity index (χ4n) is 3.21. The lowest BCUT2D eigenvalue weighted by molar-refractivity contribution is -0.118. The molecule has 0 unspecified atom stereocenters. The normalized spacial score (nSPS) is 13.5. The van der Waals surface area contributed by atoms with Crippen LogP contribution in [0.4, 0.5) is 5.69 Å². The molecule has 3 aromatic rings. The van der Waals surface area contributed by atoms with E-state index in [1.807, 2.05) is 42.5 Å². The summed E-state index contributed by atoms with van der Waals surface area (Å²) < 4.78 is 12.6. The number of nitrogens with one attached hydrogen (secondary N) is 1. The lowest BCUT2D eigenvalue weighted by Gasteiger charge is -2.09. The molecular formula is C20H18BrNO3. The molecule has 0 atom stereocenters. The standard InChI is InChI=1S/C20H18BrNO3/c21-13-5-7-14(8-6-13)22-20(23)12-24-15-9-10-19-17(11-15)16-3-1-2-4-18(16)25-19/h5-11H,1-4,12H2,(H,22,23). The zero-order valence-electron chi connectivity index (χ0n) is 13.7. The number of carbonyl (C=O) groups excluding carboxylic acids is 1. The second-order valence-corrected chi connectivity index (χ2v) is 7.13. The Balaban J connectivity index is 1.43. The van der Waals surface area contributed by atoms with E-state index >= 15 is 0 Å². The zero-order chi connectivity index (χ0) is 17.2. The third-order valence-electron chi connectivity index (χ3n) is 4.42. The van der Waals surface area contributed by atoms with Crippen LogP contribution in [0, 0.1) is 0 Å². The van der Waals surface area contributed by atoms with Gasteiger partial charge < -0.3 is 14.5 Å². The third kappa shape index (κ3) is 3.56. The van der Waals surface area contributed by atoms with Gasteiger partial charge in [-0.1, -0.05) is 15.9 Å². The van der Waals surface area contributed by atoms with Gasteiger partial charge in [0.1, 0.15) is 17.1 Å². The number of furan rings is 1. The van der Waals surface area contributed by atoms with E-state index in [1.165, 1.54) is 18.4 Å². The van der Waals surface area contributed by atoms with Crippen LogP contribution in [0.3, 0.4) is 0 Å². The summed E-state index contributed by atoms with van der Waals surface area (Å²) in [6, 6.07) is 13.2. The van der Waals surface area contributed by atoms with E-state index in [4.69, 9.17) is 9.15 Å². The van der Waals surface area contributed by atoms with Crippen LogP contribution in [0.5, 0.6) is 5.75 Å². The van der Waals surface area contributed by atoms with Gasteiger partial charge in [0.15, 0.2) is 6.61 Å². The molecule has 0 bridgehead atoms. The van der Waals surface area contributed by atoms with E-state index in [0.717, 1.165) is 39.7 Å². The number of rotatable bonds is 4. The minimum absolute atomic E-state index is 0.0262. The van der Waals surface area contributed by atoms with Crippen LogP contribution in [0.2, 0.25) is 0 Å². The molecule has 0 fully saturated rings. The largest absolute Gasteiger partial charge is 0.484 e. The van der Waals surface area contributed by atoms with Gasteiger partial charge in [0.2, 0.25) is 0 Å². The minimum atomic E-state index is -0.184. The predicted octanol–water partition coefficient (Wildman–Crippen LogP) is 5.09. The highest BCUT2D eigenvalue weighted by Gasteiger charge is 2.18. The van der Waals surface area contributed by atoms with Crippen LogP contribution < -0.4 is 10.1 Å². The smallest absolute Gasteiger partial charge is 0.262 e. The maximum Gasteiger partial charge on any atom is 0.262 e. The first-order valence-electron chi connectivity index (χ1n) is 8.41. The summed E-state index contributed by atoms with van der Waals surface area (Å²) in [7, 11) is 0. The van der Waals surface area contributed by atoms with Gasteiger partial charge >= 0.3 is 0 Å². The van der Waals surface area contributed by atoms with Crippen molar-refractivity contribution in [2.75, 3.05) is 11.9 Å². The van der Waals surface area contributed by atoms with Crippen molar-refractivity contribution in [2.45, 2.75) is 25.7 Å². The molecule has 1 amide bonds. The molecule has 4 rings (SSSR count). The molecule has 1 aromatic heterocycles. The summed E-state index contributed by atoms with van der Waals surface area (Å²) in [4.78, 5) is 12.1. The SMILES string of the molecule is O=C(COc1ccc2oc3c(c2c1)CCCC3)Nc1ccc(Br)cc1. The van der Waals surface area contributed by atoms with Crippen molar-refractivity contribution in [3.05, 3.63) is 58.3 Å². The number of fused-ring (bicyclic) bond motifs is 3. The molecule has 0 radical (unpaired) electrons. The summed E-state index contributed by atoms with van der Waals surface area (Å²) >= 11 is 3.37. The molecule has 0 saturated carbocycles. The van der Waals surface area contributed by atoms with Gasteiger partial charge in [0.05, 0.1) is 0 Å². The number of halogens is 1. The fraction of sp³-hybridized carbons (Fsp3) is 0.250. The van der Waals surface area contributed by atoms with Gasteiger partial charge in [-0.15, -0.1) is 0 Å². The molecule has 5 heteroatoms. The summed E-state index contributed by atoms with van der Waals surface area (Å²) in [5.74, 6) is 1.61. The molecule has 0 spiro atoms. The van der Waals surface area contributed by atoms with E-state index in [0.29, 0.717) is 5.75 Å². The van der Waals surface area contributed by atoms with Crippen molar-refractivity contribution in [1.29, 1.82) is 0 Å². The lowest BCUT2D eigenvalue weighted by Crippen LogP contribution is -2.20. The first-order valence-corrected chi connectivity index (χ1v) is 9.21. The second kappa shape index (κ2) is 6.92. The number of hydrogen-bond donors (Lipinski definition) is 1. The fourth-order valence-corrected chi connectivity index (χ4v) is 3.48. The quantitative estimate of drug-likeness (QED) is 0.664. The van der Waals surface area contributed by atoms with Gasteiger partial charge in [0.25, 0.3) is 5.91 Å². The van der Waals surface area contributed by atoms with Crippen molar-refractivity contribution < 1.29 is 13.9 Å². The van der Waals surface area contributed by atoms with Crippen molar-refractivity contribution in [3.63, 3.8) is 0 Å².